The summed E-state index contributed by atoms with van der Waals surface area (Å²) in [7, 11) is 0. The molecule has 2 aromatic rings. The number of rotatable bonds is 0. The van der Waals surface area contributed by atoms with E-state index in [2.05, 4.69) is 15.1 Å². The van der Waals surface area contributed by atoms with Gasteiger partial charge in [0.25, 0.3) is 5.56 Å². The lowest BCUT2D eigenvalue weighted by Gasteiger charge is -2.09. The van der Waals surface area contributed by atoms with E-state index in [-0.39, 0.29) is 5.65 Å². The molecule has 0 aliphatic carbocycles. The van der Waals surface area contributed by atoms with Gasteiger partial charge in [0.1, 0.15) is 6.33 Å². The van der Waals surface area contributed by atoms with Crippen molar-refractivity contribution in [3.05, 3.63) is 34.1 Å². The maximum Gasteiger partial charge on any atom is 0.433 e. The molecule has 0 aliphatic heterocycles. The van der Waals surface area contributed by atoms with Crippen LogP contribution in [-0.2, 0) is 6.18 Å². The highest BCUT2D eigenvalue weighted by Gasteiger charge is 2.36. The molecule has 2 heterocycles. The van der Waals surface area contributed by atoms with Crippen molar-refractivity contribution >= 4 is 5.65 Å². The zero-order valence-corrected chi connectivity index (χ0v) is 7.99. The standard InChI is InChI=1S/C8H5F3N4O/c1-4-6(8(9,10)11)14-5-2-12-3-13-15(5)7(4)16/h2-3H,1H3. The zero-order valence-electron chi connectivity index (χ0n) is 7.99. The van der Waals surface area contributed by atoms with Crippen LogP contribution in [0.2, 0.25) is 0 Å². The predicted molar refractivity (Wildman–Crippen MR) is 46.8 cm³/mol. The molecular formula is C8H5F3N4O. The molecule has 2 aromatic heterocycles. The molecule has 0 aromatic carbocycles. The molecule has 0 fully saturated rings. The Hall–Kier alpha value is -1.99. The SMILES string of the molecule is Cc1c(C(F)(F)F)nc2cncnn2c1=O. The molecule has 0 unspecified atom stereocenters. The second kappa shape index (κ2) is 3.26. The second-order valence-electron chi connectivity index (χ2n) is 3.07. The smallest absolute Gasteiger partial charge is 0.267 e. The summed E-state index contributed by atoms with van der Waals surface area (Å²) in [6.45, 7) is 1.06. The van der Waals surface area contributed by atoms with Gasteiger partial charge in [-0.3, -0.25) is 4.79 Å². The molecular weight excluding hydrogens is 225 g/mol. The summed E-state index contributed by atoms with van der Waals surface area (Å²) < 4.78 is 38.3. The Morgan fingerprint density at radius 1 is 1.38 bits per heavy atom. The van der Waals surface area contributed by atoms with Crippen LogP contribution in [0.5, 0.6) is 0 Å². The van der Waals surface area contributed by atoms with E-state index < -0.39 is 23.0 Å². The van der Waals surface area contributed by atoms with Gasteiger partial charge in [-0.2, -0.15) is 22.8 Å². The third-order valence-corrected chi connectivity index (χ3v) is 2.00. The van der Waals surface area contributed by atoms with E-state index in [1.165, 1.54) is 0 Å². The average molecular weight is 230 g/mol. The quantitative estimate of drug-likeness (QED) is 0.672. The Labute approximate surface area is 86.6 Å². The first-order valence-electron chi connectivity index (χ1n) is 4.18. The van der Waals surface area contributed by atoms with Crippen molar-refractivity contribution in [2.24, 2.45) is 0 Å². The highest BCUT2D eigenvalue weighted by molar-refractivity contribution is 5.36. The van der Waals surface area contributed by atoms with Gasteiger partial charge in [0.05, 0.1) is 6.20 Å². The molecule has 0 amide bonds. The topological polar surface area (TPSA) is 60.1 Å². The first-order valence-corrected chi connectivity index (χ1v) is 4.18. The molecule has 0 N–H and O–H groups in total. The van der Waals surface area contributed by atoms with Crippen molar-refractivity contribution in [3.8, 4) is 0 Å². The van der Waals surface area contributed by atoms with Crippen LogP contribution in [0, 0.1) is 6.92 Å². The van der Waals surface area contributed by atoms with E-state index in [1.54, 1.807) is 0 Å². The van der Waals surface area contributed by atoms with Gasteiger partial charge in [0.15, 0.2) is 11.3 Å². The molecule has 0 aliphatic rings. The lowest BCUT2D eigenvalue weighted by molar-refractivity contribution is -0.141. The Morgan fingerprint density at radius 2 is 2.06 bits per heavy atom. The van der Waals surface area contributed by atoms with Gasteiger partial charge in [-0.25, -0.2) is 9.97 Å². The van der Waals surface area contributed by atoms with Gasteiger partial charge in [-0.05, 0) is 6.92 Å². The number of hydrogen-bond donors (Lipinski definition) is 0. The highest BCUT2D eigenvalue weighted by atomic mass is 19.4. The monoisotopic (exact) mass is 230 g/mol. The lowest BCUT2D eigenvalue weighted by atomic mass is 10.2. The Kier molecular flexibility index (Phi) is 2.14. The number of halogens is 3. The third-order valence-electron chi connectivity index (χ3n) is 2.00. The maximum atomic E-state index is 12.5. The summed E-state index contributed by atoms with van der Waals surface area (Å²) in [5, 5.41) is 3.53. The molecule has 8 heteroatoms. The Balaban J connectivity index is 2.90. The minimum absolute atomic E-state index is 0.231. The molecule has 16 heavy (non-hydrogen) atoms. The van der Waals surface area contributed by atoms with Gasteiger partial charge in [0.2, 0.25) is 0 Å². The molecule has 84 valence electrons. The van der Waals surface area contributed by atoms with Crippen molar-refractivity contribution < 1.29 is 13.2 Å². The third kappa shape index (κ3) is 1.51. The van der Waals surface area contributed by atoms with E-state index in [0.29, 0.717) is 0 Å². The first-order chi connectivity index (χ1) is 7.41. The number of aromatic nitrogens is 4. The fourth-order valence-electron chi connectivity index (χ4n) is 1.26. The number of fused-ring (bicyclic) bond motifs is 1. The van der Waals surface area contributed by atoms with Crippen LogP contribution < -0.4 is 5.56 Å². The predicted octanol–water partition coefficient (Wildman–Crippen LogP) is 0.812. The van der Waals surface area contributed by atoms with Gasteiger partial charge in [-0.1, -0.05) is 0 Å². The van der Waals surface area contributed by atoms with E-state index in [4.69, 9.17) is 0 Å². The molecule has 0 saturated heterocycles. The second-order valence-corrected chi connectivity index (χ2v) is 3.07. The van der Waals surface area contributed by atoms with E-state index in [9.17, 15) is 18.0 Å². The van der Waals surface area contributed by atoms with Crippen molar-refractivity contribution in [1.82, 2.24) is 19.6 Å². The molecule has 0 saturated carbocycles. The molecule has 0 radical (unpaired) electrons. The Bertz CT molecular complexity index is 604. The van der Waals surface area contributed by atoms with Crippen LogP contribution >= 0.6 is 0 Å². The fraction of sp³-hybridized carbons (Fsp3) is 0.250. The van der Waals surface area contributed by atoms with Crippen LogP contribution in [0.3, 0.4) is 0 Å². The minimum atomic E-state index is -4.66. The van der Waals surface area contributed by atoms with E-state index in [1.807, 2.05) is 0 Å². The van der Waals surface area contributed by atoms with Crippen LogP contribution in [0.4, 0.5) is 13.2 Å². The van der Waals surface area contributed by atoms with Crippen LogP contribution in [0.15, 0.2) is 17.3 Å². The summed E-state index contributed by atoms with van der Waals surface area (Å²) in [6, 6.07) is 0. The summed E-state index contributed by atoms with van der Waals surface area (Å²) in [5.74, 6) is 0. The van der Waals surface area contributed by atoms with Gasteiger partial charge in [0, 0.05) is 5.56 Å². The van der Waals surface area contributed by atoms with Gasteiger partial charge < -0.3 is 0 Å². The Morgan fingerprint density at radius 3 is 2.69 bits per heavy atom. The fourth-order valence-corrected chi connectivity index (χ4v) is 1.26. The highest BCUT2D eigenvalue weighted by Crippen LogP contribution is 2.28. The summed E-state index contributed by atoms with van der Waals surface area (Å²) in [5.41, 5.74) is -2.76. The summed E-state index contributed by atoms with van der Waals surface area (Å²) >= 11 is 0. The number of alkyl halides is 3. The maximum absolute atomic E-state index is 12.5. The minimum Gasteiger partial charge on any atom is -0.267 e. The van der Waals surface area contributed by atoms with Crippen LogP contribution in [-0.4, -0.2) is 19.6 Å². The van der Waals surface area contributed by atoms with Crippen molar-refractivity contribution in [1.29, 1.82) is 0 Å². The summed E-state index contributed by atoms with van der Waals surface area (Å²) in [6.07, 6.45) is -2.56. The molecule has 0 spiro atoms. The van der Waals surface area contributed by atoms with Crippen LogP contribution in [0.1, 0.15) is 11.3 Å². The normalized spacial score (nSPS) is 12.0. The first kappa shape index (κ1) is 10.5. The van der Waals surface area contributed by atoms with Gasteiger partial charge in [-0.15, -0.1) is 0 Å². The lowest BCUT2D eigenvalue weighted by Crippen LogP contribution is -2.26. The zero-order chi connectivity index (χ0) is 11.9. The largest absolute Gasteiger partial charge is 0.433 e. The average Bonchev–Trinajstić information content (AvgIpc) is 2.22. The number of nitrogens with zero attached hydrogens (tertiary/aromatic N) is 4. The van der Waals surface area contributed by atoms with Crippen molar-refractivity contribution in [3.63, 3.8) is 0 Å². The van der Waals surface area contributed by atoms with Crippen LogP contribution in [0.25, 0.3) is 5.65 Å². The molecule has 0 atom stereocenters. The van der Waals surface area contributed by atoms with Crippen molar-refractivity contribution in [2.75, 3.05) is 0 Å². The van der Waals surface area contributed by atoms with E-state index >= 15 is 0 Å². The molecule has 2 rings (SSSR count). The van der Waals surface area contributed by atoms with Crippen molar-refractivity contribution in [2.45, 2.75) is 13.1 Å². The molecule has 5 nitrogen and oxygen atoms in total. The molecule has 0 bridgehead atoms. The van der Waals surface area contributed by atoms with E-state index in [0.717, 1.165) is 24.0 Å². The summed E-state index contributed by atoms with van der Waals surface area (Å²) in [4.78, 5) is 18.4. The van der Waals surface area contributed by atoms with Gasteiger partial charge >= 0.3 is 6.18 Å². The number of hydrogen-bond acceptors (Lipinski definition) is 4.